The number of rotatable bonds is 5. The van der Waals surface area contributed by atoms with Crippen LogP contribution in [0, 0.1) is 11.3 Å². The number of nitrogens with zero attached hydrogens (tertiary/aromatic N) is 5. The fraction of sp³-hybridized carbons (Fsp3) is 0. The van der Waals surface area contributed by atoms with E-state index in [-0.39, 0.29) is 0 Å². The van der Waals surface area contributed by atoms with Crippen LogP contribution in [-0.4, -0.2) is 19.1 Å². The van der Waals surface area contributed by atoms with Gasteiger partial charge < -0.3 is 13.6 Å². The summed E-state index contributed by atoms with van der Waals surface area (Å²) in [6.07, 6.45) is 0. The predicted molar refractivity (Wildman–Crippen MR) is 239 cm³/mol. The van der Waals surface area contributed by atoms with Gasteiger partial charge >= 0.3 is 0 Å². The second-order valence-electron chi connectivity index (χ2n) is 14.8. The largest absolute Gasteiger partial charge is 0.455 e. The molecule has 4 aromatic heterocycles. The van der Waals surface area contributed by atoms with Crippen LogP contribution in [0.1, 0.15) is 5.56 Å². The maximum Gasteiger partial charge on any atom is 0.164 e. The van der Waals surface area contributed by atoms with Gasteiger partial charge in [0, 0.05) is 44.1 Å². The van der Waals surface area contributed by atoms with Gasteiger partial charge in [-0.25, -0.2) is 9.97 Å². The van der Waals surface area contributed by atoms with Gasteiger partial charge in [-0.05, 0) is 36.4 Å². The van der Waals surface area contributed by atoms with Crippen LogP contribution in [0.3, 0.4) is 0 Å². The van der Waals surface area contributed by atoms with E-state index in [1.54, 1.807) is 0 Å². The third-order valence-electron chi connectivity index (χ3n) is 11.6. The first-order valence-electron chi connectivity index (χ1n) is 19.6. The quantitative estimate of drug-likeness (QED) is 0.175. The lowest BCUT2D eigenvalue weighted by Crippen LogP contribution is -2.07. The Labute approximate surface area is 338 Å². The molecule has 274 valence electrons. The molecule has 0 aliphatic rings. The molecule has 12 aromatic rings. The Bertz CT molecular complexity index is 3520. The van der Waals surface area contributed by atoms with E-state index in [1.807, 2.05) is 54.6 Å². The predicted octanol–water partition coefficient (Wildman–Crippen LogP) is 13.4. The Kier molecular flexibility index (Phi) is 7.19. The zero-order valence-corrected chi connectivity index (χ0v) is 31.5. The van der Waals surface area contributed by atoms with Crippen molar-refractivity contribution in [2.75, 3.05) is 0 Å². The zero-order valence-electron chi connectivity index (χ0n) is 31.5. The molecule has 0 radical (unpaired) electrons. The van der Waals surface area contributed by atoms with E-state index >= 15 is 0 Å². The Morgan fingerprint density at radius 1 is 0.441 bits per heavy atom. The molecule has 0 spiro atoms. The molecule has 8 aromatic carbocycles. The standard InChI is InChI=1S/C53H31N5O/c54-32-35-30-48-49(40-24-15-25-41(52(40)59-48)53-55-42(33-16-3-1-4-17-33)31-43(56-53)34-18-5-2-6-19-34)51(58-46-28-13-9-22-38(46)39-23-10-14-29-47(39)58)50(35)57-44-26-11-7-20-36(44)37-21-8-12-27-45(37)57/h1-31H. The van der Waals surface area contributed by atoms with Crippen molar-refractivity contribution in [3.8, 4) is 51.3 Å². The zero-order chi connectivity index (χ0) is 39.0. The molecule has 0 aliphatic carbocycles. The van der Waals surface area contributed by atoms with Gasteiger partial charge in [-0.2, -0.15) is 5.26 Å². The molecule has 0 aliphatic heterocycles. The number of fused-ring (bicyclic) bond motifs is 9. The topological polar surface area (TPSA) is 72.6 Å². The Balaban J connectivity index is 1.25. The molecule has 0 bridgehead atoms. The molecular formula is C53H31N5O. The van der Waals surface area contributed by atoms with Crippen molar-refractivity contribution in [1.29, 1.82) is 5.26 Å². The molecule has 59 heavy (non-hydrogen) atoms. The van der Waals surface area contributed by atoms with Crippen molar-refractivity contribution >= 4 is 65.6 Å². The molecule has 12 rings (SSSR count). The Morgan fingerprint density at radius 3 is 1.37 bits per heavy atom. The summed E-state index contributed by atoms with van der Waals surface area (Å²) in [6, 6.07) is 67.1. The lowest BCUT2D eigenvalue weighted by molar-refractivity contribution is 0.669. The number of aromatic nitrogens is 4. The summed E-state index contributed by atoms with van der Waals surface area (Å²) in [4.78, 5) is 10.4. The number of hydrogen-bond acceptors (Lipinski definition) is 4. The van der Waals surface area contributed by atoms with Crippen molar-refractivity contribution < 1.29 is 4.42 Å². The molecule has 0 fully saturated rings. The van der Waals surface area contributed by atoms with E-state index in [0.717, 1.165) is 93.8 Å². The van der Waals surface area contributed by atoms with Crippen molar-refractivity contribution in [3.63, 3.8) is 0 Å². The fourth-order valence-corrected chi connectivity index (χ4v) is 9.04. The third-order valence-corrected chi connectivity index (χ3v) is 11.6. The second kappa shape index (κ2) is 12.9. The van der Waals surface area contributed by atoms with E-state index in [2.05, 4.69) is 149 Å². The number of nitriles is 1. The van der Waals surface area contributed by atoms with Gasteiger partial charge in [0.15, 0.2) is 5.82 Å². The summed E-state index contributed by atoms with van der Waals surface area (Å²) in [7, 11) is 0. The van der Waals surface area contributed by atoms with Gasteiger partial charge in [-0.15, -0.1) is 0 Å². The minimum absolute atomic E-state index is 0.496. The molecule has 0 N–H and O–H groups in total. The summed E-state index contributed by atoms with van der Waals surface area (Å²) >= 11 is 0. The van der Waals surface area contributed by atoms with Crippen molar-refractivity contribution in [2.45, 2.75) is 0 Å². The minimum Gasteiger partial charge on any atom is -0.455 e. The molecule has 0 amide bonds. The minimum atomic E-state index is 0.496. The monoisotopic (exact) mass is 753 g/mol. The Morgan fingerprint density at radius 2 is 0.881 bits per heavy atom. The number of hydrogen-bond donors (Lipinski definition) is 0. The number of furan rings is 1. The molecule has 0 atom stereocenters. The highest BCUT2D eigenvalue weighted by molar-refractivity contribution is 6.19. The first-order chi connectivity index (χ1) is 29.2. The third kappa shape index (κ3) is 4.92. The molecule has 0 unspecified atom stereocenters. The maximum absolute atomic E-state index is 11.2. The highest BCUT2D eigenvalue weighted by atomic mass is 16.3. The highest BCUT2D eigenvalue weighted by Gasteiger charge is 2.28. The molecule has 4 heterocycles. The lowest BCUT2D eigenvalue weighted by Gasteiger charge is -2.19. The van der Waals surface area contributed by atoms with Crippen molar-refractivity contribution in [1.82, 2.24) is 19.1 Å². The summed E-state index contributed by atoms with van der Waals surface area (Å²) in [5.74, 6) is 0.552. The van der Waals surface area contributed by atoms with Crippen LogP contribution < -0.4 is 0 Å². The van der Waals surface area contributed by atoms with E-state index in [0.29, 0.717) is 22.6 Å². The van der Waals surface area contributed by atoms with E-state index < -0.39 is 0 Å². The van der Waals surface area contributed by atoms with Gasteiger partial charge in [-0.1, -0.05) is 146 Å². The maximum atomic E-state index is 11.2. The fourth-order valence-electron chi connectivity index (χ4n) is 9.04. The molecule has 6 heteroatoms. The van der Waals surface area contributed by atoms with E-state index in [9.17, 15) is 5.26 Å². The summed E-state index contributed by atoms with van der Waals surface area (Å²) in [5, 5.41) is 17.5. The molecule has 0 saturated carbocycles. The highest BCUT2D eigenvalue weighted by Crippen LogP contribution is 2.46. The molecule has 6 nitrogen and oxygen atoms in total. The van der Waals surface area contributed by atoms with Crippen LogP contribution in [0.25, 0.3) is 111 Å². The lowest BCUT2D eigenvalue weighted by atomic mass is 10.0. The summed E-state index contributed by atoms with van der Waals surface area (Å²) in [5.41, 5.74) is 11.9. The second-order valence-corrected chi connectivity index (χ2v) is 14.8. The van der Waals surface area contributed by atoms with Gasteiger partial charge in [-0.3, -0.25) is 0 Å². The van der Waals surface area contributed by atoms with Gasteiger partial charge in [0.2, 0.25) is 0 Å². The van der Waals surface area contributed by atoms with Gasteiger partial charge in [0.25, 0.3) is 0 Å². The average Bonchev–Trinajstić information content (AvgIpc) is 3.96. The van der Waals surface area contributed by atoms with Crippen molar-refractivity contribution in [2.24, 2.45) is 0 Å². The van der Waals surface area contributed by atoms with Gasteiger partial charge in [0.05, 0.1) is 61.3 Å². The first-order valence-corrected chi connectivity index (χ1v) is 19.6. The summed E-state index contributed by atoms with van der Waals surface area (Å²) in [6.45, 7) is 0. The van der Waals surface area contributed by atoms with Crippen LogP contribution in [0.5, 0.6) is 0 Å². The van der Waals surface area contributed by atoms with E-state index in [1.165, 1.54) is 0 Å². The number of para-hydroxylation sites is 5. The normalized spacial score (nSPS) is 11.7. The first kappa shape index (κ1) is 32.9. The summed E-state index contributed by atoms with van der Waals surface area (Å²) < 4.78 is 11.6. The number of benzene rings is 8. The smallest absolute Gasteiger partial charge is 0.164 e. The van der Waals surface area contributed by atoms with Crippen LogP contribution in [0.2, 0.25) is 0 Å². The van der Waals surface area contributed by atoms with Crippen LogP contribution in [0.15, 0.2) is 192 Å². The van der Waals surface area contributed by atoms with Crippen LogP contribution in [-0.2, 0) is 0 Å². The van der Waals surface area contributed by atoms with Crippen LogP contribution >= 0.6 is 0 Å². The molecular weight excluding hydrogens is 723 g/mol. The SMILES string of the molecule is N#Cc1cc2oc3c(-c4nc(-c5ccccc5)cc(-c5ccccc5)n4)cccc3c2c(-n2c3ccccc3c3ccccc32)c1-n1c2ccccc2c2ccccc21. The van der Waals surface area contributed by atoms with Gasteiger partial charge in [0.1, 0.15) is 17.2 Å². The molecule has 0 saturated heterocycles. The van der Waals surface area contributed by atoms with Crippen molar-refractivity contribution in [3.05, 3.63) is 194 Å². The Hall–Kier alpha value is -8.27. The van der Waals surface area contributed by atoms with E-state index in [4.69, 9.17) is 14.4 Å². The average molecular weight is 754 g/mol. The van der Waals surface area contributed by atoms with Crippen LogP contribution in [0.4, 0.5) is 0 Å².